The first-order chi connectivity index (χ1) is 16.0. The van der Waals surface area contributed by atoms with E-state index in [1.54, 1.807) is 12.4 Å². The van der Waals surface area contributed by atoms with E-state index in [0.29, 0.717) is 17.6 Å². The lowest BCUT2D eigenvalue weighted by atomic mass is 9.97. The molecule has 8 heteroatoms. The van der Waals surface area contributed by atoms with Crippen LogP contribution in [0, 0.1) is 17.2 Å². The lowest BCUT2D eigenvalue weighted by Crippen LogP contribution is -2.20. The van der Waals surface area contributed by atoms with Crippen LogP contribution in [0.1, 0.15) is 38.7 Å². The van der Waals surface area contributed by atoms with Crippen molar-refractivity contribution in [1.29, 1.82) is 5.41 Å². The number of rotatable bonds is 10. The van der Waals surface area contributed by atoms with E-state index in [-0.39, 0.29) is 5.92 Å². The van der Waals surface area contributed by atoms with Crippen LogP contribution >= 0.6 is 0 Å². The van der Waals surface area contributed by atoms with E-state index in [1.807, 2.05) is 30.5 Å². The number of fused-ring (bicyclic) bond motifs is 1. The SMILES string of the molecule is CC(C)C(=C/N)/C=C(\N)Nc1ccc2ncc(/C(C=N)=C/NCCC3CCOCC3)cc2n1. The first-order valence-electron chi connectivity index (χ1n) is 11.4. The molecule has 176 valence electrons. The average molecular weight is 450 g/mol. The van der Waals surface area contributed by atoms with E-state index in [1.165, 1.54) is 6.21 Å². The summed E-state index contributed by atoms with van der Waals surface area (Å²) in [4.78, 5) is 9.16. The van der Waals surface area contributed by atoms with E-state index >= 15 is 0 Å². The van der Waals surface area contributed by atoms with E-state index < -0.39 is 0 Å². The molecule has 1 saturated heterocycles. The van der Waals surface area contributed by atoms with E-state index in [0.717, 1.165) is 66.8 Å². The topological polar surface area (TPSA) is 135 Å². The maximum absolute atomic E-state index is 7.84. The van der Waals surface area contributed by atoms with Crippen LogP contribution in [-0.4, -0.2) is 35.9 Å². The summed E-state index contributed by atoms with van der Waals surface area (Å²) in [6.07, 6.45) is 11.7. The minimum Gasteiger partial charge on any atom is -0.404 e. The van der Waals surface area contributed by atoms with Gasteiger partial charge in [0.05, 0.1) is 11.0 Å². The maximum atomic E-state index is 7.84. The summed E-state index contributed by atoms with van der Waals surface area (Å²) in [5, 5.41) is 14.3. The smallest absolute Gasteiger partial charge is 0.132 e. The van der Waals surface area contributed by atoms with Crippen molar-refractivity contribution >= 4 is 28.6 Å². The van der Waals surface area contributed by atoms with Crippen LogP contribution in [0.2, 0.25) is 0 Å². The number of hydrogen-bond acceptors (Lipinski definition) is 8. The Morgan fingerprint density at radius 3 is 2.76 bits per heavy atom. The molecular formula is C25H35N7O. The minimum atomic E-state index is 0.267. The second kappa shape index (κ2) is 12.0. The minimum absolute atomic E-state index is 0.267. The Morgan fingerprint density at radius 1 is 1.27 bits per heavy atom. The van der Waals surface area contributed by atoms with Crippen LogP contribution in [0.5, 0.6) is 0 Å². The molecule has 0 saturated carbocycles. The van der Waals surface area contributed by atoms with Gasteiger partial charge in [0.2, 0.25) is 0 Å². The molecule has 33 heavy (non-hydrogen) atoms. The average Bonchev–Trinajstić information content (AvgIpc) is 2.82. The number of aromatic nitrogens is 2. The second-order valence-electron chi connectivity index (χ2n) is 8.55. The Kier molecular flexibility index (Phi) is 8.83. The number of nitrogens with two attached hydrogens (primary N) is 2. The van der Waals surface area contributed by atoms with Crippen molar-refractivity contribution in [1.82, 2.24) is 15.3 Å². The molecule has 8 nitrogen and oxygen atoms in total. The van der Waals surface area contributed by atoms with Gasteiger partial charge in [-0.3, -0.25) is 4.98 Å². The summed E-state index contributed by atoms with van der Waals surface area (Å²) in [5.41, 5.74) is 15.8. The number of allylic oxidation sites excluding steroid dienone is 3. The number of nitrogens with one attached hydrogen (secondary N) is 3. The van der Waals surface area contributed by atoms with Gasteiger partial charge in [-0.1, -0.05) is 13.8 Å². The molecule has 1 aliphatic heterocycles. The van der Waals surface area contributed by atoms with Crippen molar-refractivity contribution in [2.24, 2.45) is 23.3 Å². The normalized spacial score (nSPS) is 16.3. The highest BCUT2D eigenvalue weighted by molar-refractivity contribution is 6.08. The highest BCUT2D eigenvalue weighted by atomic mass is 16.5. The van der Waals surface area contributed by atoms with Crippen molar-refractivity contribution in [3.63, 3.8) is 0 Å². The number of anilines is 1. The zero-order chi connectivity index (χ0) is 23.6. The molecule has 3 heterocycles. The molecule has 0 atom stereocenters. The van der Waals surface area contributed by atoms with Gasteiger partial charge < -0.3 is 32.2 Å². The lowest BCUT2D eigenvalue weighted by molar-refractivity contribution is 0.0642. The van der Waals surface area contributed by atoms with Gasteiger partial charge in [0.25, 0.3) is 0 Å². The molecule has 0 bridgehead atoms. The monoisotopic (exact) mass is 449 g/mol. The third-order valence-corrected chi connectivity index (χ3v) is 5.78. The molecule has 0 spiro atoms. The first-order valence-corrected chi connectivity index (χ1v) is 11.4. The third-order valence-electron chi connectivity index (χ3n) is 5.78. The molecule has 1 aliphatic rings. The van der Waals surface area contributed by atoms with Crippen molar-refractivity contribution in [3.8, 4) is 0 Å². The number of nitrogens with zero attached hydrogens (tertiary/aromatic N) is 2. The van der Waals surface area contributed by atoms with Gasteiger partial charge in [-0.2, -0.15) is 0 Å². The summed E-state index contributed by atoms with van der Waals surface area (Å²) in [5.74, 6) is 2.05. The molecular weight excluding hydrogens is 414 g/mol. The van der Waals surface area contributed by atoms with Gasteiger partial charge in [-0.05, 0) is 67.1 Å². The predicted molar refractivity (Wildman–Crippen MR) is 135 cm³/mol. The summed E-state index contributed by atoms with van der Waals surface area (Å²) in [6.45, 7) is 6.71. The van der Waals surface area contributed by atoms with Gasteiger partial charge in [0.1, 0.15) is 11.6 Å². The Hall–Kier alpha value is -3.39. The van der Waals surface area contributed by atoms with Gasteiger partial charge in [-0.25, -0.2) is 4.98 Å². The molecule has 1 fully saturated rings. The van der Waals surface area contributed by atoms with Crippen LogP contribution in [0.15, 0.2) is 54.3 Å². The third kappa shape index (κ3) is 7.05. The first kappa shape index (κ1) is 24.3. The fourth-order valence-electron chi connectivity index (χ4n) is 3.72. The zero-order valence-corrected chi connectivity index (χ0v) is 19.5. The molecule has 2 aromatic rings. The highest BCUT2D eigenvalue weighted by Gasteiger charge is 2.12. The fraction of sp³-hybridized carbons (Fsp3) is 0.400. The van der Waals surface area contributed by atoms with Crippen molar-refractivity contribution in [2.75, 3.05) is 25.1 Å². The van der Waals surface area contributed by atoms with Crippen LogP contribution < -0.4 is 22.1 Å². The van der Waals surface area contributed by atoms with Gasteiger partial charge in [0.15, 0.2) is 0 Å². The summed E-state index contributed by atoms with van der Waals surface area (Å²) < 4.78 is 5.42. The van der Waals surface area contributed by atoms with Crippen LogP contribution in [0.25, 0.3) is 16.6 Å². The van der Waals surface area contributed by atoms with Crippen LogP contribution in [0.3, 0.4) is 0 Å². The van der Waals surface area contributed by atoms with E-state index in [9.17, 15) is 0 Å². The lowest BCUT2D eigenvalue weighted by Gasteiger charge is -2.21. The van der Waals surface area contributed by atoms with Gasteiger partial charge in [-0.15, -0.1) is 0 Å². The number of ether oxygens (including phenoxy) is 1. The fourth-order valence-corrected chi connectivity index (χ4v) is 3.72. The standard InChI is InChI=1S/C25H35N7O/c1-17(2)19(13-26)12-24(28)32-25-4-3-22-23(31-25)11-20(16-30-22)21(14-27)15-29-8-5-18-6-9-33-10-7-18/h3-4,11-18,27,29H,5-10,26,28H2,1-2H3,(H,31,32)/b19-13+,21-15+,24-12+,27-14?. The Bertz CT molecular complexity index is 1040. The summed E-state index contributed by atoms with van der Waals surface area (Å²) in [7, 11) is 0. The van der Waals surface area contributed by atoms with Gasteiger partial charge >= 0.3 is 0 Å². The van der Waals surface area contributed by atoms with Crippen molar-refractivity contribution in [3.05, 3.63) is 59.8 Å². The molecule has 0 aliphatic carbocycles. The molecule has 0 unspecified atom stereocenters. The second-order valence-corrected chi connectivity index (χ2v) is 8.55. The van der Waals surface area contributed by atoms with E-state index in [2.05, 4.69) is 34.4 Å². The molecule has 2 aromatic heterocycles. The Balaban J connectivity index is 1.70. The molecule has 0 aromatic carbocycles. The van der Waals surface area contributed by atoms with Crippen molar-refractivity contribution in [2.45, 2.75) is 33.1 Å². The molecule has 0 amide bonds. The summed E-state index contributed by atoms with van der Waals surface area (Å²) >= 11 is 0. The Labute approximate surface area is 195 Å². The number of hydrogen-bond donors (Lipinski definition) is 5. The zero-order valence-electron chi connectivity index (χ0n) is 19.5. The molecule has 3 rings (SSSR count). The summed E-state index contributed by atoms with van der Waals surface area (Å²) in [6, 6.07) is 5.66. The Morgan fingerprint density at radius 2 is 2.06 bits per heavy atom. The largest absolute Gasteiger partial charge is 0.404 e. The maximum Gasteiger partial charge on any atom is 0.132 e. The van der Waals surface area contributed by atoms with E-state index in [4.69, 9.17) is 21.6 Å². The predicted octanol–water partition coefficient (Wildman–Crippen LogP) is 3.74. The number of pyridine rings is 2. The highest BCUT2D eigenvalue weighted by Crippen LogP contribution is 2.20. The van der Waals surface area contributed by atoms with Crippen LogP contribution in [0.4, 0.5) is 5.82 Å². The van der Waals surface area contributed by atoms with Gasteiger partial charge in [0, 0.05) is 49.5 Å². The quantitative estimate of drug-likeness (QED) is 0.212. The molecule has 7 N–H and O–H groups in total. The molecule has 0 radical (unpaired) electrons. The van der Waals surface area contributed by atoms with Crippen molar-refractivity contribution < 1.29 is 4.74 Å². The van der Waals surface area contributed by atoms with Crippen LogP contribution in [-0.2, 0) is 4.74 Å².